The van der Waals surface area contributed by atoms with Crippen LogP contribution in [0.4, 0.5) is 5.69 Å². The number of imidazole rings is 1. The van der Waals surface area contributed by atoms with E-state index < -0.39 is 0 Å². The van der Waals surface area contributed by atoms with Crippen molar-refractivity contribution in [2.75, 3.05) is 5.32 Å². The molecule has 2 N–H and O–H groups in total. The third kappa shape index (κ3) is 2.84. The van der Waals surface area contributed by atoms with Crippen molar-refractivity contribution in [2.24, 2.45) is 0 Å². The minimum atomic E-state index is -0.173. The molecule has 0 aliphatic carbocycles. The molecule has 130 valence electrons. The van der Waals surface area contributed by atoms with Gasteiger partial charge in [0.15, 0.2) is 4.96 Å². The van der Waals surface area contributed by atoms with Crippen LogP contribution in [-0.2, 0) is 0 Å². The predicted molar refractivity (Wildman–Crippen MR) is 104 cm³/mol. The molecule has 0 bridgehead atoms. The van der Waals surface area contributed by atoms with E-state index in [2.05, 4.69) is 10.3 Å². The molecule has 0 saturated heterocycles. The van der Waals surface area contributed by atoms with E-state index in [1.165, 1.54) is 11.3 Å². The Morgan fingerprint density at radius 1 is 1.15 bits per heavy atom. The van der Waals surface area contributed by atoms with Gasteiger partial charge in [-0.05, 0) is 37.6 Å². The summed E-state index contributed by atoms with van der Waals surface area (Å²) in [5.41, 5.74) is 4.29. The fourth-order valence-corrected chi connectivity index (χ4v) is 3.88. The minimum Gasteiger partial charge on any atom is -0.508 e. The number of rotatable bonds is 3. The van der Waals surface area contributed by atoms with Gasteiger partial charge in [-0.3, -0.25) is 9.20 Å². The number of nitrogens with zero attached hydrogens (tertiary/aromatic N) is 2. The standard InChI is InChI=1S/C20H17N3O2S/c1-12-10-15(24)8-9-16(12)21-19(25)18-13(2)23-11-17(22-20(23)26-18)14-6-4-3-5-7-14/h3-11,24H,1-2H3,(H,21,25). The van der Waals surface area contributed by atoms with Gasteiger partial charge < -0.3 is 10.4 Å². The third-order valence-corrected chi connectivity index (χ3v) is 5.45. The van der Waals surface area contributed by atoms with Crippen LogP contribution in [0.1, 0.15) is 20.9 Å². The van der Waals surface area contributed by atoms with Crippen molar-refractivity contribution in [3.8, 4) is 17.0 Å². The van der Waals surface area contributed by atoms with Gasteiger partial charge in [0.05, 0.1) is 5.69 Å². The molecule has 0 fully saturated rings. The zero-order valence-electron chi connectivity index (χ0n) is 14.4. The largest absolute Gasteiger partial charge is 0.508 e. The van der Waals surface area contributed by atoms with Crippen LogP contribution in [-0.4, -0.2) is 20.4 Å². The highest BCUT2D eigenvalue weighted by atomic mass is 32.1. The fourth-order valence-electron chi connectivity index (χ4n) is 2.88. The molecule has 2 aromatic carbocycles. The number of amides is 1. The lowest BCUT2D eigenvalue weighted by molar-refractivity contribution is 0.102. The Labute approximate surface area is 154 Å². The number of hydrogen-bond acceptors (Lipinski definition) is 4. The lowest BCUT2D eigenvalue weighted by Crippen LogP contribution is -2.12. The van der Waals surface area contributed by atoms with E-state index in [9.17, 15) is 9.90 Å². The van der Waals surface area contributed by atoms with Crippen molar-refractivity contribution in [1.29, 1.82) is 0 Å². The lowest BCUT2D eigenvalue weighted by atomic mass is 10.2. The van der Waals surface area contributed by atoms with Crippen LogP contribution in [0.2, 0.25) is 0 Å². The second kappa shape index (κ2) is 6.31. The van der Waals surface area contributed by atoms with Gasteiger partial charge in [-0.2, -0.15) is 0 Å². The molecule has 2 heterocycles. The summed E-state index contributed by atoms with van der Waals surface area (Å²) in [6.45, 7) is 3.76. The number of hydrogen-bond donors (Lipinski definition) is 2. The van der Waals surface area contributed by atoms with Gasteiger partial charge in [0.2, 0.25) is 0 Å². The molecule has 0 aliphatic rings. The van der Waals surface area contributed by atoms with Gasteiger partial charge in [-0.15, -0.1) is 0 Å². The third-order valence-electron chi connectivity index (χ3n) is 4.29. The first-order chi connectivity index (χ1) is 12.5. The number of phenols is 1. The molecule has 4 rings (SSSR count). The van der Waals surface area contributed by atoms with Crippen LogP contribution >= 0.6 is 11.3 Å². The highest BCUT2D eigenvalue weighted by Gasteiger charge is 2.18. The van der Waals surface area contributed by atoms with Crippen molar-refractivity contribution in [3.63, 3.8) is 0 Å². The number of aromatic nitrogens is 2. The van der Waals surface area contributed by atoms with Gasteiger partial charge in [0, 0.05) is 23.1 Å². The number of carbonyl (C=O) groups is 1. The second-order valence-corrected chi connectivity index (χ2v) is 7.09. The molecule has 0 atom stereocenters. The number of anilines is 1. The molecule has 6 heteroatoms. The number of aromatic hydroxyl groups is 1. The molecule has 5 nitrogen and oxygen atoms in total. The number of benzene rings is 2. The first-order valence-corrected chi connectivity index (χ1v) is 8.99. The predicted octanol–water partition coefficient (Wildman–Crippen LogP) is 4.64. The van der Waals surface area contributed by atoms with E-state index in [4.69, 9.17) is 0 Å². The summed E-state index contributed by atoms with van der Waals surface area (Å²) >= 11 is 1.37. The Morgan fingerprint density at radius 2 is 1.92 bits per heavy atom. The van der Waals surface area contributed by atoms with Gasteiger partial charge in [-0.1, -0.05) is 41.7 Å². The zero-order valence-corrected chi connectivity index (χ0v) is 15.2. The molecule has 0 spiro atoms. The van der Waals surface area contributed by atoms with Crippen LogP contribution in [0.3, 0.4) is 0 Å². The lowest BCUT2D eigenvalue weighted by Gasteiger charge is -2.08. The average molecular weight is 363 g/mol. The first kappa shape index (κ1) is 16.4. The highest BCUT2D eigenvalue weighted by Crippen LogP contribution is 2.28. The van der Waals surface area contributed by atoms with E-state index in [1.54, 1.807) is 18.2 Å². The molecule has 26 heavy (non-hydrogen) atoms. The zero-order chi connectivity index (χ0) is 18.3. The van der Waals surface area contributed by atoms with E-state index in [0.717, 1.165) is 27.5 Å². The summed E-state index contributed by atoms with van der Waals surface area (Å²) in [4.78, 5) is 18.8. The molecule has 2 aromatic heterocycles. The van der Waals surface area contributed by atoms with Crippen LogP contribution in [0.15, 0.2) is 54.7 Å². The summed E-state index contributed by atoms with van der Waals surface area (Å²) in [7, 11) is 0. The first-order valence-electron chi connectivity index (χ1n) is 8.18. The molecular formula is C20H17N3O2S. The summed E-state index contributed by atoms with van der Waals surface area (Å²) in [5.74, 6) is 0.00719. The second-order valence-electron chi connectivity index (χ2n) is 6.11. The van der Waals surface area contributed by atoms with Crippen LogP contribution in [0.5, 0.6) is 5.75 Å². The van der Waals surface area contributed by atoms with Crippen molar-refractivity contribution in [1.82, 2.24) is 9.38 Å². The molecule has 1 amide bonds. The minimum absolute atomic E-state index is 0.173. The molecule has 0 saturated carbocycles. The SMILES string of the molecule is Cc1cc(O)ccc1NC(=O)c1sc2nc(-c3ccccc3)cn2c1C. The average Bonchev–Trinajstić information content (AvgIpc) is 3.18. The molecule has 4 aromatic rings. The van der Waals surface area contributed by atoms with Crippen LogP contribution < -0.4 is 5.32 Å². The maximum absolute atomic E-state index is 12.7. The van der Waals surface area contributed by atoms with Crippen molar-refractivity contribution in [3.05, 3.63) is 70.9 Å². The number of carbonyl (C=O) groups excluding carboxylic acids is 1. The van der Waals surface area contributed by atoms with Gasteiger partial charge in [0.1, 0.15) is 10.6 Å². The maximum atomic E-state index is 12.7. The maximum Gasteiger partial charge on any atom is 0.267 e. The van der Waals surface area contributed by atoms with E-state index in [0.29, 0.717) is 10.6 Å². The number of nitrogens with one attached hydrogen (secondary N) is 1. The molecule has 0 unspecified atom stereocenters. The Bertz CT molecular complexity index is 1110. The van der Waals surface area contributed by atoms with E-state index in [1.807, 2.05) is 54.8 Å². The van der Waals surface area contributed by atoms with E-state index in [-0.39, 0.29) is 11.7 Å². The van der Waals surface area contributed by atoms with Gasteiger partial charge in [-0.25, -0.2) is 4.98 Å². The van der Waals surface area contributed by atoms with Crippen molar-refractivity contribution in [2.45, 2.75) is 13.8 Å². The highest BCUT2D eigenvalue weighted by molar-refractivity contribution is 7.19. The van der Waals surface area contributed by atoms with Gasteiger partial charge >= 0.3 is 0 Å². The summed E-state index contributed by atoms with van der Waals surface area (Å²) in [5, 5.41) is 12.4. The normalized spacial score (nSPS) is 11.0. The number of fused-ring (bicyclic) bond motifs is 1. The number of thiazole rings is 1. The van der Waals surface area contributed by atoms with Crippen molar-refractivity contribution >= 4 is 27.9 Å². The Kier molecular flexibility index (Phi) is 3.97. The smallest absolute Gasteiger partial charge is 0.267 e. The molecule has 0 radical (unpaired) electrons. The monoisotopic (exact) mass is 363 g/mol. The van der Waals surface area contributed by atoms with Gasteiger partial charge in [0.25, 0.3) is 5.91 Å². The van der Waals surface area contributed by atoms with Crippen molar-refractivity contribution < 1.29 is 9.90 Å². The number of phenolic OH excluding ortho intramolecular Hbond substituents is 1. The number of aryl methyl sites for hydroxylation is 2. The Balaban J connectivity index is 1.65. The Morgan fingerprint density at radius 3 is 2.62 bits per heavy atom. The quantitative estimate of drug-likeness (QED) is 0.521. The topological polar surface area (TPSA) is 66.6 Å². The summed E-state index contributed by atoms with van der Waals surface area (Å²) in [6.07, 6.45) is 1.96. The fraction of sp³-hybridized carbons (Fsp3) is 0.100. The molecule has 0 aliphatic heterocycles. The summed E-state index contributed by atoms with van der Waals surface area (Å²) in [6, 6.07) is 14.8. The Hall–Kier alpha value is -3.12. The van der Waals surface area contributed by atoms with Crippen LogP contribution in [0, 0.1) is 13.8 Å². The van der Waals surface area contributed by atoms with E-state index >= 15 is 0 Å². The molecular weight excluding hydrogens is 346 g/mol. The van der Waals surface area contributed by atoms with Crippen LogP contribution in [0.25, 0.3) is 16.2 Å². The summed E-state index contributed by atoms with van der Waals surface area (Å²) < 4.78 is 1.95.